The van der Waals surface area contributed by atoms with Crippen LogP contribution in [0.3, 0.4) is 0 Å². The number of rotatable bonds is 5. The summed E-state index contributed by atoms with van der Waals surface area (Å²) >= 11 is 7.44. The van der Waals surface area contributed by atoms with Crippen LogP contribution in [0.4, 0.5) is 5.69 Å². The summed E-state index contributed by atoms with van der Waals surface area (Å²) in [5.74, 6) is -0.381. The molecule has 0 saturated carbocycles. The van der Waals surface area contributed by atoms with Crippen molar-refractivity contribution in [2.75, 3.05) is 5.75 Å². The SMILES string of the molecule is O=C(O)CSC(=S)SCc1ccc([N+](=O)[O-])cc1. The van der Waals surface area contributed by atoms with Crippen LogP contribution >= 0.6 is 35.7 Å². The van der Waals surface area contributed by atoms with Gasteiger partial charge < -0.3 is 5.11 Å². The number of thiocarbonyl (C=S) groups is 1. The van der Waals surface area contributed by atoms with E-state index in [9.17, 15) is 14.9 Å². The smallest absolute Gasteiger partial charge is 0.313 e. The van der Waals surface area contributed by atoms with E-state index in [0.29, 0.717) is 9.28 Å². The van der Waals surface area contributed by atoms with Crippen molar-refractivity contribution in [3.63, 3.8) is 0 Å². The topological polar surface area (TPSA) is 80.4 Å². The molecule has 0 unspecified atom stereocenters. The molecule has 0 saturated heterocycles. The van der Waals surface area contributed by atoms with Crippen molar-refractivity contribution in [2.45, 2.75) is 5.75 Å². The van der Waals surface area contributed by atoms with Crippen molar-refractivity contribution in [3.8, 4) is 0 Å². The lowest BCUT2D eigenvalue weighted by Gasteiger charge is -2.02. The van der Waals surface area contributed by atoms with Crippen LogP contribution in [-0.2, 0) is 10.5 Å². The lowest BCUT2D eigenvalue weighted by molar-refractivity contribution is -0.384. The third kappa shape index (κ3) is 5.48. The first-order chi connectivity index (χ1) is 8.49. The van der Waals surface area contributed by atoms with E-state index in [1.165, 1.54) is 23.9 Å². The van der Waals surface area contributed by atoms with E-state index in [1.54, 1.807) is 12.1 Å². The summed E-state index contributed by atoms with van der Waals surface area (Å²) in [7, 11) is 0. The van der Waals surface area contributed by atoms with E-state index in [4.69, 9.17) is 17.3 Å². The summed E-state index contributed by atoms with van der Waals surface area (Å²) in [4.78, 5) is 20.3. The molecule has 0 fully saturated rings. The lowest BCUT2D eigenvalue weighted by Crippen LogP contribution is -1.99. The highest BCUT2D eigenvalue weighted by molar-refractivity contribution is 8.47. The zero-order chi connectivity index (χ0) is 13.5. The monoisotopic (exact) mass is 303 g/mol. The van der Waals surface area contributed by atoms with Crippen LogP contribution in [0.1, 0.15) is 5.56 Å². The molecular formula is C10H9NO4S3. The van der Waals surface area contributed by atoms with Gasteiger partial charge in [0.1, 0.15) is 3.53 Å². The van der Waals surface area contributed by atoms with Gasteiger partial charge in [0.25, 0.3) is 5.69 Å². The molecule has 0 spiro atoms. The predicted molar refractivity (Wildman–Crippen MR) is 77.1 cm³/mol. The van der Waals surface area contributed by atoms with Crippen LogP contribution < -0.4 is 0 Å². The standard InChI is InChI=1S/C10H9NO4S3/c12-9(13)6-18-10(16)17-5-7-1-3-8(4-2-7)11(14)15/h1-4H,5-6H2,(H,12,13). The number of nitro benzene ring substituents is 1. The molecule has 1 aromatic rings. The van der Waals surface area contributed by atoms with E-state index in [1.807, 2.05) is 0 Å². The van der Waals surface area contributed by atoms with Crippen molar-refractivity contribution in [2.24, 2.45) is 0 Å². The van der Waals surface area contributed by atoms with Crippen LogP contribution in [0.25, 0.3) is 0 Å². The average Bonchev–Trinajstić information content (AvgIpc) is 2.34. The average molecular weight is 303 g/mol. The summed E-state index contributed by atoms with van der Waals surface area (Å²) in [5.41, 5.74) is 0.954. The van der Waals surface area contributed by atoms with Gasteiger partial charge in [-0.2, -0.15) is 0 Å². The second kappa shape index (κ2) is 7.34. The number of carboxylic acids is 1. The number of benzene rings is 1. The minimum atomic E-state index is -0.904. The van der Waals surface area contributed by atoms with E-state index in [-0.39, 0.29) is 11.4 Å². The molecule has 96 valence electrons. The number of thioether (sulfide) groups is 2. The van der Waals surface area contributed by atoms with Gasteiger partial charge in [-0.05, 0) is 5.56 Å². The summed E-state index contributed by atoms with van der Waals surface area (Å²) in [5, 5.41) is 18.9. The molecule has 8 heteroatoms. The summed E-state index contributed by atoms with van der Waals surface area (Å²) in [6.07, 6.45) is 0. The maximum absolute atomic E-state index is 10.4. The van der Waals surface area contributed by atoms with Crippen LogP contribution in [0.2, 0.25) is 0 Å². The molecule has 0 bridgehead atoms. The summed E-state index contributed by atoms with van der Waals surface area (Å²) in [6.45, 7) is 0. The number of carbonyl (C=O) groups is 1. The number of aliphatic carboxylic acids is 1. The van der Waals surface area contributed by atoms with E-state index in [0.717, 1.165) is 17.3 Å². The molecule has 1 rings (SSSR count). The fraction of sp³-hybridized carbons (Fsp3) is 0.200. The van der Waals surface area contributed by atoms with Gasteiger partial charge in [-0.1, -0.05) is 36.1 Å². The lowest BCUT2D eigenvalue weighted by atomic mass is 10.2. The summed E-state index contributed by atoms with van der Waals surface area (Å²) < 4.78 is 0.552. The third-order valence-corrected chi connectivity index (χ3v) is 4.57. The van der Waals surface area contributed by atoms with Gasteiger partial charge in [0.05, 0.1) is 10.7 Å². The van der Waals surface area contributed by atoms with Gasteiger partial charge in [-0.15, -0.1) is 11.8 Å². The largest absolute Gasteiger partial charge is 0.481 e. The maximum atomic E-state index is 10.4. The molecule has 18 heavy (non-hydrogen) atoms. The molecule has 1 N–H and O–H groups in total. The Kier molecular flexibility index (Phi) is 6.10. The van der Waals surface area contributed by atoms with Gasteiger partial charge in [-0.3, -0.25) is 14.9 Å². The second-order valence-electron chi connectivity index (χ2n) is 3.14. The molecular weight excluding hydrogens is 294 g/mol. The zero-order valence-electron chi connectivity index (χ0n) is 9.07. The highest BCUT2D eigenvalue weighted by Crippen LogP contribution is 2.22. The van der Waals surface area contributed by atoms with Gasteiger partial charge in [0, 0.05) is 17.9 Å². The number of nitro groups is 1. The fourth-order valence-corrected chi connectivity index (χ4v) is 2.78. The molecule has 0 heterocycles. The van der Waals surface area contributed by atoms with E-state index in [2.05, 4.69) is 0 Å². The van der Waals surface area contributed by atoms with E-state index >= 15 is 0 Å². The van der Waals surface area contributed by atoms with Crippen LogP contribution in [0, 0.1) is 10.1 Å². The van der Waals surface area contributed by atoms with Gasteiger partial charge in [0.2, 0.25) is 0 Å². The van der Waals surface area contributed by atoms with Gasteiger partial charge in [0.15, 0.2) is 0 Å². The van der Waals surface area contributed by atoms with Crippen molar-refractivity contribution < 1.29 is 14.8 Å². The maximum Gasteiger partial charge on any atom is 0.313 e. The molecule has 5 nitrogen and oxygen atoms in total. The van der Waals surface area contributed by atoms with Crippen LogP contribution in [0.5, 0.6) is 0 Å². The molecule has 0 aliphatic carbocycles. The quantitative estimate of drug-likeness (QED) is 0.509. The molecule has 0 radical (unpaired) electrons. The Bertz CT molecular complexity index is 461. The third-order valence-electron chi connectivity index (χ3n) is 1.82. The summed E-state index contributed by atoms with van der Waals surface area (Å²) in [6, 6.07) is 6.19. The van der Waals surface area contributed by atoms with Gasteiger partial charge in [-0.25, -0.2) is 0 Å². The highest BCUT2D eigenvalue weighted by atomic mass is 32.2. The minimum Gasteiger partial charge on any atom is -0.481 e. The number of non-ortho nitro benzene ring substituents is 1. The number of hydrogen-bond donors (Lipinski definition) is 1. The fourth-order valence-electron chi connectivity index (χ4n) is 1.02. The first-order valence-corrected chi connectivity index (χ1v) is 7.11. The number of nitrogens with zero attached hydrogens (tertiary/aromatic N) is 1. The first-order valence-electron chi connectivity index (χ1n) is 4.73. The van der Waals surface area contributed by atoms with Crippen molar-refractivity contribution in [1.82, 2.24) is 0 Å². The van der Waals surface area contributed by atoms with Crippen LogP contribution in [-0.4, -0.2) is 25.3 Å². The Balaban J connectivity index is 2.41. The Labute approximate surface area is 117 Å². The Morgan fingerprint density at radius 3 is 2.44 bits per heavy atom. The normalized spacial score (nSPS) is 10.0. The highest BCUT2D eigenvalue weighted by Gasteiger charge is 2.06. The predicted octanol–water partition coefficient (Wildman–Crippen LogP) is 2.93. The molecule has 0 aliphatic rings. The second-order valence-corrected chi connectivity index (χ2v) is 6.30. The molecule has 0 aliphatic heterocycles. The Hall–Kier alpha value is -1.12. The first kappa shape index (κ1) is 14.9. The molecule has 1 aromatic carbocycles. The minimum absolute atomic E-state index is 0.0478. The van der Waals surface area contributed by atoms with Gasteiger partial charge >= 0.3 is 5.97 Å². The number of hydrogen-bond acceptors (Lipinski definition) is 6. The Morgan fingerprint density at radius 2 is 1.94 bits per heavy atom. The van der Waals surface area contributed by atoms with Crippen molar-refractivity contribution >= 4 is 50.9 Å². The zero-order valence-corrected chi connectivity index (χ0v) is 11.5. The number of carboxylic acid groups (broad SMARTS) is 1. The van der Waals surface area contributed by atoms with Crippen molar-refractivity contribution in [1.29, 1.82) is 0 Å². The molecule has 0 amide bonds. The molecule has 0 aromatic heterocycles. The van der Waals surface area contributed by atoms with Crippen LogP contribution in [0.15, 0.2) is 24.3 Å². The van der Waals surface area contributed by atoms with Crippen molar-refractivity contribution in [3.05, 3.63) is 39.9 Å². The molecule has 0 atom stereocenters. The Morgan fingerprint density at radius 1 is 1.33 bits per heavy atom. The van der Waals surface area contributed by atoms with E-state index < -0.39 is 10.9 Å².